The zero-order valence-corrected chi connectivity index (χ0v) is 37.3. The number of benzene rings is 1. The average molecular weight is 785 g/mol. The van der Waals surface area contributed by atoms with Gasteiger partial charge < -0.3 is 9.64 Å². The molecule has 1 fully saturated rings. The predicted octanol–water partition coefficient (Wildman–Crippen LogP) is 14.2. The lowest BCUT2D eigenvalue weighted by Crippen LogP contribution is -2.36. The van der Waals surface area contributed by atoms with Crippen LogP contribution in [0.4, 0.5) is 0 Å². The third-order valence-corrected chi connectivity index (χ3v) is 15.1. The largest absolute Gasteiger partial charge is 0.486 e. The predicted molar refractivity (Wildman–Crippen MR) is 256 cm³/mol. The van der Waals surface area contributed by atoms with E-state index in [1.807, 2.05) is 6.08 Å². The van der Waals surface area contributed by atoms with Gasteiger partial charge in [0.05, 0.1) is 0 Å². The van der Waals surface area contributed by atoms with Crippen LogP contribution < -0.4 is 5.46 Å². The number of rotatable bonds is 15. The second-order valence-corrected chi connectivity index (χ2v) is 18.9. The van der Waals surface area contributed by atoms with Crippen LogP contribution in [0, 0.1) is 22.7 Å². The van der Waals surface area contributed by atoms with Crippen molar-refractivity contribution in [3.63, 3.8) is 0 Å². The van der Waals surface area contributed by atoms with Gasteiger partial charge in [-0.15, -0.1) is 0 Å². The van der Waals surface area contributed by atoms with Crippen molar-refractivity contribution in [3.8, 4) is 0 Å². The monoisotopic (exact) mass is 785 g/mol. The molecule has 1 aromatic rings. The van der Waals surface area contributed by atoms with Gasteiger partial charge in [-0.1, -0.05) is 168 Å². The van der Waals surface area contributed by atoms with E-state index in [9.17, 15) is 0 Å². The standard InChI is InChI=1S/C56H71BNO/c1-9-22-41(43-32-34-52-49(38-43)48-27-16-17-29-51(48)57-52)25-21-36-58(46(11-3)37-44-39-55(6,7)56(8)35-20-19-28-50(44)56)45(10-2)33-31-40(5)47-26-15-13-23-42-24-14-18-30-54(42)59-53(47)12-4/h9,11,13,15,17-22,25-26,28-30,32,34-35,38,44-45,48,50-51,53H,1,5,10,12,14,16,23-24,27,31,33,36-37,39H2,2-4,6-8H3/b15-13-,25-21-,41-22+,46-11+,47-26-/t44-,45?,48?,50?,51?,53+,56?/m1/s1. The first-order chi connectivity index (χ1) is 28.6. The summed E-state index contributed by atoms with van der Waals surface area (Å²) in [7, 11) is 2.47. The Morgan fingerprint density at radius 2 is 1.93 bits per heavy atom. The first-order valence-electron chi connectivity index (χ1n) is 23.1. The van der Waals surface area contributed by atoms with E-state index < -0.39 is 0 Å². The normalized spacial score (nSPS) is 30.1. The van der Waals surface area contributed by atoms with Gasteiger partial charge in [-0.25, -0.2) is 0 Å². The Morgan fingerprint density at radius 1 is 1.07 bits per heavy atom. The van der Waals surface area contributed by atoms with E-state index in [0.717, 1.165) is 63.7 Å². The lowest BCUT2D eigenvalue weighted by Gasteiger charge is -2.41. The van der Waals surface area contributed by atoms with Crippen molar-refractivity contribution in [1.29, 1.82) is 0 Å². The van der Waals surface area contributed by atoms with Crippen LogP contribution in [-0.2, 0) is 4.74 Å². The zero-order chi connectivity index (χ0) is 41.6. The number of allylic oxidation sites excluding steroid dienone is 18. The van der Waals surface area contributed by atoms with Gasteiger partial charge in [-0.3, -0.25) is 0 Å². The van der Waals surface area contributed by atoms with Crippen LogP contribution in [0.25, 0.3) is 5.57 Å². The van der Waals surface area contributed by atoms with Gasteiger partial charge in [0.15, 0.2) is 7.28 Å². The number of hydrogen-bond acceptors (Lipinski definition) is 2. The molecule has 7 rings (SSSR count). The molecule has 3 heteroatoms. The molecule has 4 aliphatic carbocycles. The van der Waals surface area contributed by atoms with Crippen LogP contribution in [0.1, 0.15) is 129 Å². The highest BCUT2D eigenvalue weighted by Gasteiger charge is 2.54. The minimum absolute atomic E-state index is 0.00785. The Bertz CT molecular complexity index is 2040. The summed E-state index contributed by atoms with van der Waals surface area (Å²) in [6, 6.07) is 7.49. The highest BCUT2D eigenvalue weighted by atomic mass is 16.5. The highest BCUT2D eigenvalue weighted by molar-refractivity contribution is 6.58. The van der Waals surface area contributed by atoms with Crippen molar-refractivity contribution < 1.29 is 4.74 Å². The van der Waals surface area contributed by atoms with E-state index in [-0.39, 0.29) is 16.9 Å². The molecular weight excluding hydrogens is 713 g/mol. The molecule has 309 valence electrons. The topological polar surface area (TPSA) is 12.5 Å². The van der Waals surface area contributed by atoms with E-state index in [1.165, 1.54) is 63.8 Å². The second kappa shape index (κ2) is 19.0. The zero-order valence-electron chi connectivity index (χ0n) is 37.3. The SMILES string of the molecule is C=C/C=C(\C=C/CN(/C(=C/C)C[C@@H]1CC(C)(C)C2(C)C=CC=CC12)C(CC)CCC(=C)/C1=C/C=C\CC2=C(C=CCC2)O[C@H]1CC)c1ccc2c(c1)C1CCC=CC1[B]2. The summed E-state index contributed by atoms with van der Waals surface area (Å²) in [5.41, 5.74) is 11.2. The molecule has 2 nitrogen and oxygen atoms in total. The van der Waals surface area contributed by atoms with Gasteiger partial charge >= 0.3 is 0 Å². The first kappa shape index (κ1) is 42.9. The number of hydrogen-bond donors (Lipinski definition) is 0. The molecule has 6 aliphatic rings. The molecule has 0 aromatic heterocycles. The fraction of sp³-hybridized carbons (Fsp3) is 0.464. The minimum Gasteiger partial charge on any atom is -0.486 e. The fourth-order valence-electron chi connectivity index (χ4n) is 11.4. The van der Waals surface area contributed by atoms with E-state index >= 15 is 0 Å². The van der Waals surface area contributed by atoms with Crippen LogP contribution in [0.2, 0.25) is 5.82 Å². The molecule has 7 atom stereocenters. The first-order valence-corrected chi connectivity index (χ1v) is 23.1. The summed E-state index contributed by atoms with van der Waals surface area (Å²) >= 11 is 0. The molecule has 0 amide bonds. The van der Waals surface area contributed by atoms with Gasteiger partial charge in [-0.05, 0) is 146 Å². The lowest BCUT2D eigenvalue weighted by atomic mass is 9.60. The van der Waals surface area contributed by atoms with Crippen LogP contribution >= 0.6 is 0 Å². The van der Waals surface area contributed by atoms with Crippen molar-refractivity contribution in [2.75, 3.05) is 6.54 Å². The molecule has 0 bridgehead atoms. The number of ether oxygens (including phenoxy) is 1. The number of fused-ring (bicyclic) bond motifs is 4. The van der Waals surface area contributed by atoms with Crippen molar-refractivity contribution in [2.24, 2.45) is 22.7 Å². The Morgan fingerprint density at radius 3 is 2.73 bits per heavy atom. The summed E-state index contributed by atoms with van der Waals surface area (Å²) in [6.45, 7) is 24.1. The number of nitrogens with zero attached hydrogens (tertiary/aromatic N) is 1. The highest BCUT2D eigenvalue weighted by Crippen LogP contribution is 2.62. The Kier molecular flexibility index (Phi) is 13.8. The molecule has 2 aliphatic heterocycles. The quantitative estimate of drug-likeness (QED) is 0.0998. The van der Waals surface area contributed by atoms with Crippen molar-refractivity contribution in [1.82, 2.24) is 4.90 Å². The van der Waals surface area contributed by atoms with Crippen LogP contribution in [0.15, 0.2) is 157 Å². The molecular formula is C56H71BNO. The molecule has 59 heavy (non-hydrogen) atoms. The molecule has 5 unspecified atom stereocenters. The van der Waals surface area contributed by atoms with Gasteiger partial charge in [0.2, 0.25) is 0 Å². The average Bonchev–Trinajstić information content (AvgIpc) is 3.74. The van der Waals surface area contributed by atoms with Crippen LogP contribution in [-0.4, -0.2) is 30.9 Å². The maximum Gasteiger partial charge on any atom is 0.160 e. The van der Waals surface area contributed by atoms with Crippen molar-refractivity contribution in [2.45, 2.75) is 136 Å². The molecule has 0 spiro atoms. The Labute approximate surface area is 359 Å². The third-order valence-electron chi connectivity index (χ3n) is 15.1. The summed E-state index contributed by atoms with van der Waals surface area (Å²) in [4.78, 5) is 2.76. The smallest absolute Gasteiger partial charge is 0.160 e. The van der Waals surface area contributed by atoms with Crippen molar-refractivity contribution >= 4 is 18.3 Å². The summed E-state index contributed by atoms with van der Waals surface area (Å²) in [5, 5.41) is 0. The molecule has 0 N–H and O–H groups in total. The lowest BCUT2D eigenvalue weighted by molar-refractivity contribution is 0.148. The molecule has 2 heterocycles. The van der Waals surface area contributed by atoms with Gasteiger partial charge in [0, 0.05) is 18.3 Å². The second-order valence-electron chi connectivity index (χ2n) is 18.9. The molecule has 1 radical (unpaired) electrons. The fourth-order valence-corrected chi connectivity index (χ4v) is 11.4. The van der Waals surface area contributed by atoms with Gasteiger partial charge in [0.1, 0.15) is 11.9 Å². The summed E-state index contributed by atoms with van der Waals surface area (Å²) < 4.78 is 6.79. The van der Waals surface area contributed by atoms with E-state index in [0.29, 0.717) is 29.6 Å². The molecule has 1 aromatic carbocycles. The Balaban J connectivity index is 1.14. The Hall–Kier alpha value is -4.24. The van der Waals surface area contributed by atoms with E-state index in [2.05, 4.69) is 170 Å². The van der Waals surface area contributed by atoms with Gasteiger partial charge in [0.25, 0.3) is 0 Å². The minimum atomic E-state index is 0.00785. The van der Waals surface area contributed by atoms with Crippen LogP contribution in [0.5, 0.6) is 0 Å². The van der Waals surface area contributed by atoms with Crippen LogP contribution in [0.3, 0.4) is 0 Å². The third kappa shape index (κ3) is 9.11. The maximum atomic E-state index is 6.79. The maximum absolute atomic E-state index is 6.79. The van der Waals surface area contributed by atoms with E-state index in [1.54, 1.807) is 0 Å². The molecule has 1 saturated carbocycles. The molecule has 0 saturated heterocycles. The van der Waals surface area contributed by atoms with Gasteiger partial charge in [-0.2, -0.15) is 0 Å². The summed E-state index contributed by atoms with van der Waals surface area (Å²) in [5.74, 6) is 3.34. The van der Waals surface area contributed by atoms with E-state index in [4.69, 9.17) is 11.3 Å². The summed E-state index contributed by atoms with van der Waals surface area (Å²) in [6.07, 6.45) is 48.8. The van der Waals surface area contributed by atoms with Crippen molar-refractivity contribution in [3.05, 3.63) is 168 Å².